The maximum atomic E-state index is 13.8. The minimum absolute atomic E-state index is 0.0150. The SMILES string of the molecule is CC(C)(C)[Si](C)(C)OC[C@@H]1OC(=O)N2c3ccc(N4CC[C@H](O[Si](c5ccccc5)(c5ccccc5)C(C)(C)C)CC4=O)cc3OC[C@@H]12. The normalized spacial score (nSPS) is 21.8. The average Bonchev–Trinajstić information content (AvgIpc) is 3.37. The number of piperidine rings is 1. The van der Waals surface area contributed by atoms with Crippen molar-refractivity contribution in [1.82, 2.24) is 0 Å². The highest BCUT2D eigenvalue weighted by molar-refractivity contribution is 6.99. The van der Waals surface area contributed by atoms with Gasteiger partial charge in [-0.15, -0.1) is 0 Å². The van der Waals surface area contributed by atoms with E-state index >= 15 is 0 Å². The summed E-state index contributed by atoms with van der Waals surface area (Å²) in [5, 5.41) is 2.30. The second-order valence-electron chi connectivity index (χ2n) is 15.8. The maximum Gasteiger partial charge on any atom is 0.415 e. The van der Waals surface area contributed by atoms with Crippen molar-refractivity contribution in [3.05, 3.63) is 78.9 Å². The number of anilines is 2. The molecule has 0 spiro atoms. The zero-order chi connectivity index (χ0) is 34.5. The maximum absolute atomic E-state index is 13.8. The summed E-state index contributed by atoms with van der Waals surface area (Å²) in [6.07, 6.45) is -0.00244. The summed E-state index contributed by atoms with van der Waals surface area (Å²) in [5.41, 5.74) is 1.42. The van der Waals surface area contributed by atoms with Crippen molar-refractivity contribution >= 4 is 50.4 Å². The molecule has 8 nitrogen and oxygen atoms in total. The van der Waals surface area contributed by atoms with Crippen LogP contribution >= 0.6 is 0 Å². The van der Waals surface area contributed by atoms with Crippen molar-refractivity contribution in [3.63, 3.8) is 0 Å². The molecule has 3 aliphatic rings. The van der Waals surface area contributed by atoms with E-state index in [1.54, 1.807) is 4.90 Å². The van der Waals surface area contributed by atoms with E-state index in [9.17, 15) is 9.59 Å². The van der Waals surface area contributed by atoms with Gasteiger partial charge in [0.1, 0.15) is 24.5 Å². The number of benzene rings is 3. The highest BCUT2D eigenvalue weighted by atomic mass is 28.4. The van der Waals surface area contributed by atoms with Gasteiger partial charge in [-0.1, -0.05) is 102 Å². The molecule has 48 heavy (non-hydrogen) atoms. The van der Waals surface area contributed by atoms with E-state index in [0.717, 1.165) is 5.69 Å². The van der Waals surface area contributed by atoms with E-state index in [-0.39, 0.29) is 28.1 Å². The number of carbonyl (C=O) groups excluding carboxylic acids is 2. The Kier molecular flexibility index (Phi) is 9.16. The van der Waals surface area contributed by atoms with Gasteiger partial charge in [-0.3, -0.25) is 9.69 Å². The molecular weight excluding hydrogens is 637 g/mol. The molecule has 0 unspecified atom stereocenters. The van der Waals surface area contributed by atoms with Gasteiger partial charge in [0.05, 0.1) is 24.8 Å². The van der Waals surface area contributed by atoms with Gasteiger partial charge in [-0.2, -0.15) is 0 Å². The molecule has 3 aromatic rings. The monoisotopic (exact) mass is 686 g/mol. The summed E-state index contributed by atoms with van der Waals surface area (Å²) >= 11 is 0. The second-order valence-corrected chi connectivity index (χ2v) is 24.9. The molecule has 3 heterocycles. The zero-order valence-corrected chi connectivity index (χ0v) is 31.6. The molecule has 2 amide bonds. The van der Waals surface area contributed by atoms with Crippen LogP contribution in [0.15, 0.2) is 78.9 Å². The predicted molar refractivity (Wildman–Crippen MR) is 196 cm³/mol. The third-order valence-corrected chi connectivity index (χ3v) is 20.3. The third-order valence-electron chi connectivity index (χ3n) is 10.7. The van der Waals surface area contributed by atoms with Gasteiger partial charge in [0.25, 0.3) is 8.32 Å². The van der Waals surface area contributed by atoms with Crippen LogP contribution in [0.4, 0.5) is 16.2 Å². The Morgan fingerprint density at radius 2 is 1.48 bits per heavy atom. The highest BCUT2D eigenvalue weighted by Crippen LogP contribution is 2.43. The molecule has 0 aliphatic carbocycles. The summed E-state index contributed by atoms with van der Waals surface area (Å²) in [7, 11) is -4.80. The van der Waals surface area contributed by atoms with Crippen molar-refractivity contribution in [2.45, 2.75) is 95.8 Å². The molecule has 3 aromatic carbocycles. The van der Waals surface area contributed by atoms with Gasteiger partial charge in [0.2, 0.25) is 5.91 Å². The Morgan fingerprint density at radius 3 is 2.04 bits per heavy atom. The molecule has 2 fully saturated rings. The van der Waals surface area contributed by atoms with Gasteiger partial charge in [0.15, 0.2) is 8.32 Å². The average molecular weight is 687 g/mol. The number of carbonyl (C=O) groups is 2. The highest BCUT2D eigenvalue weighted by Gasteiger charge is 2.52. The van der Waals surface area contributed by atoms with Crippen molar-refractivity contribution in [1.29, 1.82) is 0 Å². The summed E-state index contributed by atoms with van der Waals surface area (Å²) in [4.78, 5) is 30.4. The van der Waals surface area contributed by atoms with Crippen LogP contribution in [0.5, 0.6) is 5.75 Å². The second kappa shape index (κ2) is 12.8. The molecule has 0 aromatic heterocycles. The van der Waals surface area contributed by atoms with Crippen LogP contribution < -0.4 is 24.9 Å². The quantitative estimate of drug-likeness (QED) is 0.241. The summed E-state index contributed by atoms with van der Waals surface area (Å²) in [6, 6.07) is 26.5. The molecule has 3 atom stereocenters. The van der Waals surface area contributed by atoms with Gasteiger partial charge in [-0.05, 0) is 52.1 Å². The van der Waals surface area contributed by atoms with E-state index in [4.69, 9.17) is 18.3 Å². The Balaban J connectivity index is 1.18. The molecule has 0 radical (unpaired) electrons. The van der Waals surface area contributed by atoms with Crippen molar-refractivity contribution < 1.29 is 27.9 Å². The van der Waals surface area contributed by atoms with E-state index < -0.39 is 28.8 Å². The third kappa shape index (κ3) is 6.24. The molecule has 6 rings (SSSR count). The topological polar surface area (TPSA) is 77.5 Å². The summed E-state index contributed by atoms with van der Waals surface area (Å²) in [5.74, 6) is 0.589. The van der Waals surface area contributed by atoms with E-state index in [2.05, 4.69) is 103 Å². The van der Waals surface area contributed by atoms with Gasteiger partial charge < -0.3 is 23.2 Å². The van der Waals surface area contributed by atoms with Crippen LogP contribution in [0.1, 0.15) is 54.4 Å². The predicted octanol–water partition coefficient (Wildman–Crippen LogP) is 6.87. The lowest BCUT2D eigenvalue weighted by molar-refractivity contribution is -0.121. The smallest absolute Gasteiger partial charge is 0.415 e. The Hall–Kier alpha value is -3.45. The largest absolute Gasteiger partial charge is 0.489 e. The number of fused-ring (bicyclic) bond motifs is 3. The summed E-state index contributed by atoms with van der Waals surface area (Å²) in [6.45, 7) is 18.9. The standard InChI is InChI=1S/C38H50N2O6Si2/c1-37(2,3)47(7,8)44-26-34-32-25-43-33-23-27(19-20-31(33)40(32)36(42)45-34)39-22-21-28(24-35(39)41)46-48(38(4,5)6,29-15-11-9-12-16-29)30-17-13-10-14-18-30/h9-20,23,28,32,34H,21-22,24-26H2,1-8H3/t28-,32-,34-/m0/s1. The molecule has 10 heteroatoms. The molecule has 3 aliphatic heterocycles. The molecule has 0 saturated carbocycles. The number of hydrogen-bond donors (Lipinski definition) is 0. The van der Waals surface area contributed by atoms with E-state index in [1.807, 2.05) is 35.2 Å². The Labute approximate surface area is 287 Å². The van der Waals surface area contributed by atoms with E-state index in [0.29, 0.717) is 44.0 Å². The number of amides is 2. The summed E-state index contributed by atoms with van der Waals surface area (Å²) < 4.78 is 25.7. The lowest BCUT2D eigenvalue weighted by Crippen LogP contribution is -2.68. The first-order valence-electron chi connectivity index (χ1n) is 17.1. The number of rotatable bonds is 8. The van der Waals surface area contributed by atoms with Crippen molar-refractivity contribution in [3.8, 4) is 5.75 Å². The van der Waals surface area contributed by atoms with Crippen LogP contribution in [0, 0.1) is 0 Å². The lowest BCUT2D eigenvalue weighted by Gasteiger charge is -2.46. The molecule has 2 saturated heterocycles. The number of cyclic esters (lactones) is 1. The fourth-order valence-electron chi connectivity index (χ4n) is 6.96. The molecular formula is C38H50N2O6Si2. The fraction of sp³-hybridized carbons (Fsp3) is 0.474. The first-order valence-corrected chi connectivity index (χ1v) is 21.9. The minimum atomic E-state index is -2.78. The van der Waals surface area contributed by atoms with Crippen molar-refractivity contribution in [2.75, 3.05) is 29.6 Å². The van der Waals surface area contributed by atoms with Crippen LogP contribution in [0.25, 0.3) is 0 Å². The number of hydrogen-bond acceptors (Lipinski definition) is 6. The van der Waals surface area contributed by atoms with Gasteiger partial charge in [-0.25, -0.2) is 4.79 Å². The lowest BCUT2D eigenvalue weighted by atomic mass is 10.1. The van der Waals surface area contributed by atoms with E-state index in [1.165, 1.54) is 10.4 Å². The van der Waals surface area contributed by atoms with Crippen LogP contribution in [-0.4, -0.2) is 66.6 Å². The number of ether oxygens (including phenoxy) is 2. The van der Waals surface area contributed by atoms with Crippen molar-refractivity contribution in [2.24, 2.45) is 0 Å². The zero-order valence-electron chi connectivity index (χ0n) is 29.6. The Morgan fingerprint density at radius 1 is 0.854 bits per heavy atom. The van der Waals surface area contributed by atoms with Gasteiger partial charge >= 0.3 is 6.09 Å². The fourth-order valence-corrected chi connectivity index (χ4v) is 12.7. The molecule has 256 valence electrons. The molecule has 0 bridgehead atoms. The Bertz CT molecular complexity index is 1600. The van der Waals surface area contributed by atoms with Crippen LogP contribution in [-0.2, 0) is 18.4 Å². The minimum Gasteiger partial charge on any atom is -0.489 e. The number of nitrogens with zero attached hydrogens (tertiary/aromatic N) is 2. The first kappa shape index (κ1) is 34.4. The van der Waals surface area contributed by atoms with Crippen LogP contribution in [0.3, 0.4) is 0 Å². The van der Waals surface area contributed by atoms with Gasteiger partial charge in [0, 0.05) is 18.3 Å². The van der Waals surface area contributed by atoms with Crippen LogP contribution in [0.2, 0.25) is 23.2 Å². The first-order chi connectivity index (χ1) is 22.6. The molecule has 0 N–H and O–H groups in total.